The van der Waals surface area contributed by atoms with Crippen molar-refractivity contribution < 1.29 is 4.74 Å². The summed E-state index contributed by atoms with van der Waals surface area (Å²) in [6, 6.07) is 9.18. The Labute approximate surface area is 173 Å². The van der Waals surface area contributed by atoms with E-state index >= 15 is 0 Å². The molecule has 1 heterocycles. The quantitative estimate of drug-likeness (QED) is 0.273. The Morgan fingerprint density at radius 3 is 2.52 bits per heavy atom. The number of hydrogen-bond donors (Lipinski definition) is 2. The van der Waals surface area contributed by atoms with E-state index in [1.807, 2.05) is 18.8 Å². The van der Waals surface area contributed by atoms with Crippen molar-refractivity contribution in [2.24, 2.45) is 4.99 Å². The van der Waals surface area contributed by atoms with E-state index in [0.29, 0.717) is 6.04 Å². The van der Waals surface area contributed by atoms with Crippen molar-refractivity contribution in [3.63, 3.8) is 0 Å². The average molecular weight is 478 g/mol. The molecule has 25 heavy (non-hydrogen) atoms. The smallest absolute Gasteiger partial charge is 0.191 e. The molecule has 1 aromatic carbocycles. The van der Waals surface area contributed by atoms with Crippen LogP contribution in [0.3, 0.4) is 0 Å². The van der Waals surface area contributed by atoms with E-state index < -0.39 is 0 Å². The number of aliphatic imine (C=N–C) groups is 1. The highest BCUT2D eigenvalue weighted by atomic mass is 127. The maximum Gasteiger partial charge on any atom is 0.191 e. The number of ether oxygens (including phenoxy) is 1. The van der Waals surface area contributed by atoms with Crippen LogP contribution in [-0.4, -0.2) is 69.3 Å². The van der Waals surface area contributed by atoms with Crippen molar-refractivity contribution in [1.29, 1.82) is 0 Å². The van der Waals surface area contributed by atoms with Gasteiger partial charge in [0.25, 0.3) is 0 Å². The van der Waals surface area contributed by atoms with Gasteiger partial charge in [0.15, 0.2) is 5.96 Å². The Kier molecular flexibility index (Phi) is 11.5. The van der Waals surface area contributed by atoms with Gasteiger partial charge in [-0.25, -0.2) is 0 Å². The Hall–Kier alpha value is -0.510. The number of rotatable bonds is 7. The molecule has 0 amide bonds. The van der Waals surface area contributed by atoms with Gasteiger partial charge in [-0.2, -0.15) is 11.8 Å². The lowest BCUT2D eigenvalue weighted by molar-refractivity contribution is 0.0170. The number of thioether (sulfide) groups is 1. The predicted octanol–water partition coefficient (Wildman–Crippen LogP) is 2.51. The maximum atomic E-state index is 5.52. The minimum absolute atomic E-state index is 0. The SMILES string of the molecule is CN=C(NCCSC)NCC(c1ccc(C)cc1)N1CCOCC1.I. The van der Waals surface area contributed by atoms with Crippen LogP contribution >= 0.6 is 35.7 Å². The normalized spacial score (nSPS) is 16.8. The third-order valence-electron chi connectivity index (χ3n) is 4.23. The minimum atomic E-state index is 0. The number of hydrogen-bond acceptors (Lipinski definition) is 4. The Balaban J connectivity index is 0.00000312. The van der Waals surface area contributed by atoms with Crippen LogP contribution < -0.4 is 10.6 Å². The molecule has 1 aromatic rings. The molecule has 0 radical (unpaired) electrons. The second-order valence-corrected chi connectivity index (χ2v) is 6.93. The zero-order valence-corrected chi connectivity index (χ0v) is 18.6. The molecule has 1 aliphatic heterocycles. The monoisotopic (exact) mass is 478 g/mol. The van der Waals surface area contributed by atoms with Crippen LogP contribution in [0.1, 0.15) is 17.2 Å². The number of aryl methyl sites for hydroxylation is 1. The lowest BCUT2D eigenvalue weighted by atomic mass is 10.0. The second-order valence-electron chi connectivity index (χ2n) is 5.95. The Morgan fingerprint density at radius 1 is 1.24 bits per heavy atom. The summed E-state index contributed by atoms with van der Waals surface area (Å²) in [6.07, 6.45) is 2.11. The van der Waals surface area contributed by atoms with Crippen LogP contribution in [0.15, 0.2) is 29.3 Å². The summed E-state index contributed by atoms with van der Waals surface area (Å²) < 4.78 is 5.52. The summed E-state index contributed by atoms with van der Waals surface area (Å²) >= 11 is 1.83. The van der Waals surface area contributed by atoms with E-state index in [1.165, 1.54) is 11.1 Å². The van der Waals surface area contributed by atoms with Gasteiger partial charge >= 0.3 is 0 Å². The summed E-state index contributed by atoms with van der Waals surface area (Å²) in [7, 11) is 1.82. The molecule has 1 aliphatic rings. The van der Waals surface area contributed by atoms with E-state index in [2.05, 4.69) is 58.0 Å². The van der Waals surface area contributed by atoms with Gasteiger partial charge in [0, 0.05) is 39.0 Å². The standard InChI is InChI=1S/C18H30N4OS.HI/c1-15-4-6-16(7-5-15)17(22-9-11-23-12-10-22)14-21-18(19-2)20-8-13-24-3;/h4-7,17H,8-14H2,1-3H3,(H2,19,20,21);1H. The first kappa shape index (κ1) is 22.5. The van der Waals surface area contributed by atoms with Gasteiger partial charge in [-0.05, 0) is 18.7 Å². The van der Waals surface area contributed by atoms with Crippen LogP contribution in [-0.2, 0) is 4.74 Å². The number of halogens is 1. The molecule has 0 bridgehead atoms. The third-order valence-corrected chi connectivity index (χ3v) is 4.85. The van der Waals surface area contributed by atoms with Crippen LogP contribution in [0.2, 0.25) is 0 Å². The van der Waals surface area contributed by atoms with Crippen molar-refractivity contribution in [3.05, 3.63) is 35.4 Å². The van der Waals surface area contributed by atoms with Crippen molar-refractivity contribution in [2.45, 2.75) is 13.0 Å². The number of benzene rings is 1. The second kappa shape index (κ2) is 12.8. The molecular weight excluding hydrogens is 447 g/mol. The zero-order valence-electron chi connectivity index (χ0n) is 15.5. The molecule has 142 valence electrons. The molecule has 0 aromatic heterocycles. The summed E-state index contributed by atoms with van der Waals surface area (Å²) in [5.74, 6) is 1.94. The Bertz CT molecular complexity index is 506. The van der Waals surface area contributed by atoms with Crippen LogP contribution in [0, 0.1) is 6.92 Å². The number of guanidine groups is 1. The molecular formula is C18H31IN4OS. The van der Waals surface area contributed by atoms with Gasteiger partial charge in [-0.3, -0.25) is 9.89 Å². The molecule has 1 saturated heterocycles. The maximum absolute atomic E-state index is 5.52. The van der Waals surface area contributed by atoms with Gasteiger partial charge in [0.05, 0.1) is 19.3 Å². The molecule has 5 nitrogen and oxygen atoms in total. The first-order chi connectivity index (χ1) is 11.7. The third kappa shape index (κ3) is 7.72. The Morgan fingerprint density at radius 2 is 1.92 bits per heavy atom. The average Bonchev–Trinajstić information content (AvgIpc) is 2.63. The fraction of sp³-hybridized carbons (Fsp3) is 0.611. The fourth-order valence-electron chi connectivity index (χ4n) is 2.82. The molecule has 2 rings (SSSR count). The molecule has 0 spiro atoms. The fourth-order valence-corrected chi connectivity index (χ4v) is 3.13. The molecule has 0 aliphatic carbocycles. The lowest BCUT2D eigenvalue weighted by Crippen LogP contribution is -2.46. The van der Waals surface area contributed by atoms with Gasteiger partial charge in [0.1, 0.15) is 0 Å². The van der Waals surface area contributed by atoms with E-state index in [-0.39, 0.29) is 24.0 Å². The van der Waals surface area contributed by atoms with Crippen LogP contribution in [0.25, 0.3) is 0 Å². The molecule has 1 atom stereocenters. The van der Waals surface area contributed by atoms with Crippen molar-refractivity contribution in [3.8, 4) is 0 Å². The lowest BCUT2D eigenvalue weighted by Gasteiger charge is -2.35. The zero-order chi connectivity index (χ0) is 17.2. The molecule has 7 heteroatoms. The van der Waals surface area contributed by atoms with Gasteiger partial charge in [-0.1, -0.05) is 29.8 Å². The van der Waals surface area contributed by atoms with E-state index in [4.69, 9.17) is 4.74 Å². The summed E-state index contributed by atoms with van der Waals surface area (Å²) in [5, 5.41) is 6.85. The first-order valence-corrected chi connectivity index (χ1v) is 9.95. The highest BCUT2D eigenvalue weighted by Gasteiger charge is 2.22. The van der Waals surface area contributed by atoms with Gasteiger partial charge in [-0.15, -0.1) is 24.0 Å². The van der Waals surface area contributed by atoms with E-state index in [0.717, 1.165) is 51.1 Å². The van der Waals surface area contributed by atoms with Crippen LogP contribution in [0.5, 0.6) is 0 Å². The minimum Gasteiger partial charge on any atom is -0.379 e. The van der Waals surface area contributed by atoms with Crippen molar-refractivity contribution in [2.75, 3.05) is 58.4 Å². The first-order valence-electron chi connectivity index (χ1n) is 8.56. The number of morpholine rings is 1. The molecule has 1 unspecified atom stereocenters. The van der Waals surface area contributed by atoms with Gasteiger partial charge < -0.3 is 15.4 Å². The summed E-state index contributed by atoms with van der Waals surface area (Å²) in [4.78, 5) is 6.82. The van der Waals surface area contributed by atoms with E-state index in [1.54, 1.807) is 0 Å². The van der Waals surface area contributed by atoms with Gasteiger partial charge in [0.2, 0.25) is 0 Å². The number of nitrogens with zero attached hydrogens (tertiary/aromatic N) is 2. The van der Waals surface area contributed by atoms with Crippen molar-refractivity contribution >= 4 is 41.7 Å². The largest absolute Gasteiger partial charge is 0.379 e. The summed E-state index contributed by atoms with van der Waals surface area (Å²) in [6.45, 7) is 7.45. The molecule has 2 N–H and O–H groups in total. The topological polar surface area (TPSA) is 48.9 Å². The van der Waals surface area contributed by atoms with Crippen molar-refractivity contribution in [1.82, 2.24) is 15.5 Å². The summed E-state index contributed by atoms with van der Waals surface area (Å²) in [5.41, 5.74) is 2.64. The number of nitrogens with one attached hydrogen (secondary N) is 2. The van der Waals surface area contributed by atoms with E-state index in [9.17, 15) is 0 Å². The molecule has 0 saturated carbocycles. The highest BCUT2D eigenvalue weighted by molar-refractivity contribution is 14.0. The highest BCUT2D eigenvalue weighted by Crippen LogP contribution is 2.21. The van der Waals surface area contributed by atoms with Crippen LogP contribution in [0.4, 0.5) is 0 Å². The predicted molar refractivity (Wildman–Crippen MR) is 119 cm³/mol. The molecule has 1 fully saturated rings.